The van der Waals surface area contributed by atoms with Gasteiger partial charge < -0.3 is 16.3 Å². The van der Waals surface area contributed by atoms with Crippen LogP contribution in [0.4, 0.5) is 13.2 Å². The number of nitrogens with one attached hydrogen (secondary N) is 1. The number of hydrogen-bond acceptors (Lipinski definition) is 4. The molecule has 1 rings (SSSR count). The van der Waals surface area contributed by atoms with Crippen molar-refractivity contribution in [1.82, 2.24) is 10.3 Å². The highest BCUT2D eigenvalue weighted by molar-refractivity contribution is 5.83. The Morgan fingerprint density at radius 2 is 2.21 bits per heavy atom. The minimum absolute atomic E-state index is 0.174. The zero-order valence-electron chi connectivity index (χ0n) is 10.3. The van der Waals surface area contributed by atoms with Crippen LogP contribution in [0.3, 0.4) is 0 Å². The molecule has 106 valence electrons. The number of nitrogens with zero attached hydrogens (tertiary/aromatic N) is 2. The number of alkyl halides is 3. The van der Waals surface area contributed by atoms with Gasteiger partial charge in [-0.1, -0.05) is 11.2 Å². The number of hydrogen-bond donors (Lipinski definition) is 3. The zero-order chi connectivity index (χ0) is 14.5. The first kappa shape index (κ1) is 15.2. The van der Waals surface area contributed by atoms with Gasteiger partial charge in [0, 0.05) is 18.8 Å². The molecule has 0 bridgehead atoms. The first-order valence-electron chi connectivity index (χ1n) is 5.52. The van der Waals surface area contributed by atoms with Crippen molar-refractivity contribution in [2.24, 2.45) is 16.8 Å². The average Bonchev–Trinajstić information content (AvgIpc) is 2.32. The third-order valence-corrected chi connectivity index (χ3v) is 2.47. The van der Waals surface area contributed by atoms with Crippen LogP contribution >= 0.6 is 0 Å². The molecule has 1 aromatic heterocycles. The van der Waals surface area contributed by atoms with E-state index in [1.807, 2.05) is 0 Å². The normalized spacial score (nSPS) is 14.4. The molecule has 19 heavy (non-hydrogen) atoms. The Bertz CT molecular complexity index is 448. The van der Waals surface area contributed by atoms with E-state index in [9.17, 15) is 13.2 Å². The smallest absolute Gasteiger partial charge is 0.400 e. The maximum Gasteiger partial charge on any atom is 0.400 e. The van der Waals surface area contributed by atoms with Crippen LogP contribution in [0.5, 0.6) is 0 Å². The number of aryl methyl sites for hydroxylation is 1. The second kappa shape index (κ2) is 6.37. The van der Waals surface area contributed by atoms with Gasteiger partial charge in [0.1, 0.15) is 5.92 Å². The van der Waals surface area contributed by atoms with Crippen molar-refractivity contribution in [1.29, 1.82) is 0 Å². The van der Waals surface area contributed by atoms with Crippen molar-refractivity contribution in [3.63, 3.8) is 0 Å². The summed E-state index contributed by atoms with van der Waals surface area (Å²) in [6.45, 7) is 1.49. The van der Waals surface area contributed by atoms with Crippen molar-refractivity contribution in [3.05, 3.63) is 29.6 Å². The van der Waals surface area contributed by atoms with Crippen LogP contribution in [-0.4, -0.2) is 28.7 Å². The summed E-state index contributed by atoms with van der Waals surface area (Å²) in [5.41, 5.74) is 6.44. The van der Waals surface area contributed by atoms with Gasteiger partial charge in [-0.05, 0) is 19.1 Å². The monoisotopic (exact) mass is 276 g/mol. The summed E-state index contributed by atoms with van der Waals surface area (Å²) in [6, 6.07) is 5.26. The first-order valence-corrected chi connectivity index (χ1v) is 5.52. The molecule has 0 spiro atoms. The number of amidine groups is 1. The van der Waals surface area contributed by atoms with E-state index in [0.29, 0.717) is 5.69 Å². The molecule has 0 aromatic carbocycles. The predicted molar refractivity (Wildman–Crippen MR) is 63.6 cm³/mol. The van der Waals surface area contributed by atoms with Crippen LogP contribution in [0.15, 0.2) is 23.4 Å². The maximum atomic E-state index is 12.6. The summed E-state index contributed by atoms with van der Waals surface area (Å²) < 4.78 is 37.9. The molecule has 1 unspecified atom stereocenters. The predicted octanol–water partition coefficient (Wildman–Crippen LogP) is 1.40. The molecular weight excluding hydrogens is 261 g/mol. The fourth-order valence-corrected chi connectivity index (χ4v) is 1.50. The van der Waals surface area contributed by atoms with Crippen molar-refractivity contribution in [2.75, 3.05) is 6.54 Å². The van der Waals surface area contributed by atoms with E-state index in [2.05, 4.69) is 15.5 Å². The SMILES string of the molecule is Cc1cccc(CNCC(/C(N)=N/O)C(F)(F)F)n1. The zero-order valence-corrected chi connectivity index (χ0v) is 10.3. The number of aromatic nitrogens is 1. The van der Waals surface area contributed by atoms with E-state index >= 15 is 0 Å². The number of pyridine rings is 1. The largest absolute Gasteiger partial charge is 0.409 e. The highest BCUT2D eigenvalue weighted by Crippen LogP contribution is 2.25. The second-order valence-electron chi connectivity index (χ2n) is 4.02. The fourth-order valence-electron chi connectivity index (χ4n) is 1.50. The molecule has 0 saturated heterocycles. The van der Waals surface area contributed by atoms with Crippen molar-refractivity contribution < 1.29 is 18.4 Å². The van der Waals surface area contributed by atoms with Gasteiger partial charge in [-0.2, -0.15) is 13.2 Å². The van der Waals surface area contributed by atoms with Crippen LogP contribution in [0.2, 0.25) is 0 Å². The highest BCUT2D eigenvalue weighted by atomic mass is 19.4. The van der Waals surface area contributed by atoms with E-state index in [4.69, 9.17) is 10.9 Å². The lowest BCUT2D eigenvalue weighted by atomic mass is 10.1. The minimum atomic E-state index is -4.57. The summed E-state index contributed by atoms with van der Waals surface area (Å²) in [4.78, 5) is 4.14. The van der Waals surface area contributed by atoms with Crippen LogP contribution in [0.1, 0.15) is 11.4 Å². The number of nitrogens with two attached hydrogens (primary N) is 1. The quantitative estimate of drug-likeness (QED) is 0.328. The standard InChI is InChI=1S/C11H15F3N4O/c1-7-3-2-4-8(17-7)5-16-6-9(10(15)18-19)11(12,13)14/h2-4,9,16,19H,5-6H2,1H3,(H2,15,18). The van der Waals surface area contributed by atoms with Gasteiger partial charge in [0.05, 0.1) is 5.69 Å². The lowest BCUT2D eigenvalue weighted by Gasteiger charge is -2.19. The molecule has 4 N–H and O–H groups in total. The summed E-state index contributed by atoms with van der Waals surface area (Å²) in [5.74, 6) is -2.89. The van der Waals surface area contributed by atoms with E-state index in [1.54, 1.807) is 25.1 Å². The van der Waals surface area contributed by atoms with Crippen molar-refractivity contribution in [2.45, 2.75) is 19.6 Å². The number of rotatable bonds is 5. The second-order valence-corrected chi connectivity index (χ2v) is 4.02. The van der Waals surface area contributed by atoms with Gasteiger partial charge in [-0.3, -0.25) is 4.98 Å². The number of halogens is 3. The Hall–Kier alpha value is -1.83. The minimum Gasteiger partial charge on any atom is -0.409 e. The molecule has 0 aliphatic heterocycles. The Morgan fingerprint density at radius 3 is 2.74 bits per heavy atom. The van der Waals surface area contributed by atoms with Crippen LogP contribution in [0.25, 0.3) is 0 Å². The van der Waals surface area contributed by atoms with Crippen molar-refractivity contribution in [3.8, 4) is 0 Å². The van der Waals surface area contributed by atoms with E-state index in [0.717, 1.165) is 5.69 Å². The van der Waals surface area contributed by atoms with Gasteiger partial charge >= 0.3 is 6.18 Å². The summed E-state index contributed by atoms with van der Waals surface area (Å²) >= 11 is 0. The molecule has 0 saturated carbocycles. The number of oxime groups is 1. The lowest BCUT2D eigenvalue weighted by molar-refractivity contribution is -0.155. The molecule has 8 heteroatoms. The maximum absolute atomic E-state index is 12.6. The van der Waals surface area contributed by atoms with Crippen LogP contribution in [-0.2, 0) is 6.54 Å². The molecule has 5 nitrogen and oxygen atoms in total. The summed E-state index contributed by atoms with van der Waals surface area (Å²) in [7, 11) is 0. The average molecular weight is 276 g/mol. The molecule has 1 atom stereocenters. The first-order chi connectivity index (χ1) is 8.84. The van der Waals surface area contributed by atoms with Crippen LogP contribution < -0.4 is 11.1 Å². The molecule has 0 aliphatic carbocycles. The fraction of sp³-hybridized carbons (Fsp3) is 0.455. The third-order valence-electron chi connectivity index (χ3n) is 2.47. The Balaban J connectivity index is 2.58. The van der Waals surface area contributed by atoms with Gasteiger partial charge in [0.15, 0.2) is 5.84 Å². The lowest BCUT2D eigenvalue weighted by Crippen LogP contribution is -2.42. The molecule has 0 aliphatic rings. The van der Waals surface area contributed by atoms with Gasteiger partial charge in [-0.15, -0.1) is 0 Å². The molecule has 0 radical (unpaired) electrons. The molecule has 1 heterocycles. The molecular formula is C11H15F3N4O. The Labute approximate surface area is 108 Å². The van der Waals surface area contributed by atoms with E-state index in [-0.39, 0.29) is 6.54 Å². The van der Waals surface area contributed by atoms with Gasteiger partial charge in [0.25, 0.3) is 0 Å². The Morgan fingerprint density at radius 1 is 1.53 bits per heavy atom. The van der Waals surface area contributed by atoms with E-state index in [1.165, 1.54) is 0 Å². The highest BCUT2D eigenvalue weighted by Gasteiger charge is 2.42. The summed E-state index contributed by atoms with van der Waals surface area (Å²) in [5, 5.41) is 13.4. The van der Waals surface area contributed by atoms with Crippen LogP contribution in [0, 0.1) is 12.8 Å². The molecule has 0 fully saturated rings. The molecule has 1 aromatic rings. The van der Waals surface area contributed by atoms with Crippen molar-refractivity contribution >= 4 is 5.84 Å². The Kier molecular flexibility index (Phi) is 5.11. The third kappa shape index (κ3) is 4.74. The summed E-state index contributed by atoms with van der Waals surface area (Å²) in [6.07, 6.45) is -4.57. The molecule has 0 amide bonds. The van der Waals surface area contributed by atoms with Gasteiger partial charge in [-0.25, -0.2) is 0 Å². The topological polar surface area (TPSA) is 83.5 Å². The van der Waals surface area contributed by atoms with E-state index < -0.39 is 24.5 Å². The van der Waals surface area contributed by atoms with Gasteiger partial charge in [0.2, 0.25) is 0 Å².